The zero-order valence-corrected chi connectivity index (χ0v) is 16.0. The summed E-state index contributed by atoms with van der Waals surface area (Å²) in [6, 6.07) is 14.9. The number of nitrogens with zero attached hydrogens (tertiary/aromatic N) is 1. The molecule has 0 spiro atoms. The lowest BCUT2D eigenvalue weighted by Crippen LogP contribution is -2.40. The molecule has 2 aromatic rings. The Morgan fingerprint density at radius 3 is 2.20 bits per heavy atom. The number of aryl methyl sites for hydroxylation is 1. The molecule has 1 aliphatic heterocycles. The SMILES string of the molecule is Cc1ccc(S(=O)(=O)N2[C@@H](C(C)C)C(=O)OP2c2ccccc2)cc1. The Bertz CT molecular complexity index is 866. The fraction of sp³-hybridized carbons (Fsp3) is 0.278. The lowest BCUT2D eigenvalue weighted by atomic mass is 10.1. The van der Waals surface area contributed by atoms with Crippen molar-refractivity contribution < 1.29 is 17.7 Å². The van der Waals surface area contributed by atoms with E-state index in [2.05, 4.69) is 0 Å². The number of hydrogen-bond donors (Lipinski definition) is 0. The molecule has 0 bridgehead atoms. The van der Waals surface area contributed by atoms with Crippen LogP contribution in [0.4, 0.5) is 0 Å². The minimum Gasteiger partial charge on any atom is -0.422 e. The molecule has 1 aliphatic rings. The molecule has 0 aromatic heterocycles. The third-order valence-electron chi connectivity index (χ3n) is 4.01. The second-order valence-corrected chi connectivity index (χ2v) is 10.1. The van der Waals surface area contributed by atoms with Crippen molar-refractivity contribution in [3.8, 4) is 0 Å². The molecule has 1 unspecified atom stereocenters. The van der Waals surface area contributed by atoms with Gasteiger partial charge in [-0.05, 0) is 37.1 Å². The summed E-state index contributed by atoms with van der Waals surface area (Å²) < 4.78 is 33.4. The Balaban J connectivity index is 2.12. The van der Waals surface area contributed by atoms with Crippen LogP contribution in [0.2, 0.25) is 0 Å². The van der Waals surface area contributed by atoms with Crippen molar-refractivity contribution in [2.24, 2.45) is 5.92 Å². The van der Waals surface area contributed by atoms with Crippen molar-refractivity contribution in [3.63, 3.8) is 0 Å². The Morgan fingerprint density at radius 2 is 1.64 bits per heavy atom. The number of carbonyl (C=O) groups is 1. The van der Waals surface area contributed by atoms with Gasteiger partial charge in [0.2, 0.25) is 18.3 Å². The first-order valence-electron chi connectivity index (χ1n) is 8.00. The van der Waals surface area contributed by atoms with Gasteiger partial charge in [-0.2, -0.15) is 0 Å². The molecule has 2 aromatic carbocycles. The molecule has 3 rings (SSSR count). The van der Waals surface area contributed by atoms with Crippen LogP contribution in [0.1, 0.15) is 19.4 Å². The molecular formula is C18H20NO4PS. The number of rotatable bonds is 4. The van der Waals surface area contributed by atoms with E-state index in [-0.39, 0.29) is 10.8 Å². The van der Waals surface area contributed by atoms with E-state index in [1.807, 2.05) is 39.0 Å². The van der Waals surface area contributed by atoms with Gasteiger partial charge in [-0.25, -0.2) is 8.42 Å². The number of carbonyl (C=O) groups excluding carboxylic acids is 1. The van der Waals surface area contributed by atoms with Gasteiger partial charge < -0.3 is 4.52 Å². The van der Waals surface area contributed by atoms with Crippen molar-refractivity contribution in [1.29, 1.82) is 0 Å². The molecule has 1 heterocycles. The Hall–Kier alpha value is -1.75. The second-order valence-electron chi connectivity index (χ2n) is 6.30. The number of benzene rings is 2. The summed E-state index contributed by atoms with van der Waals surface area (Å²) in [6.45, 7) is 5.55. The van der Waals surface area contributed by atoms with Crippen LogP contribution in [0.15, 0.2) is 59.5 Å². The Kier molecular flexibility index (Phi) is 4.96. The summed E-state index contributed by atoms with van der Waals surface area (Å²) in [4.78, 5) is 12.6. The van der Waals surface area contributed by atoms with Crippen molar-refractivity contribution in [1.82, 2.24) is 4.08 Å². The molecule has 0 amide bonds. The third-order valence-corrected chi connectivity index (χ3v) is 8.39. The van der Waals surface area contributed by atoms with E-state index in [0.717, 1.165) is 5.56 Å². The zero-order chi connectivity index (χ0) is 18.2. The van der Waals surface area contributed by atoms with Gasteiger partial charge in [0.15, 0.2) is 0 Å². The lowest BCUT2D eigenvalue weighted by Gasteiger charge is -2.26. The van der Waals surface area contributed by atoms with Crippen molar-refractivity contribution in [3.05, 3.63) is 60.2 Å². The molecule has 132 valence electrons. The maximum absolute atomic E-state index is 13.3. The van der Waals surface area contributed by atoms with Gasteiger partial charge in [-0.3, -0.25) is 4.79 Å². The monoisotopic (exact) mass is 377 g/mol. The standard InChI is InChI=1S/C18H20NO4PS/c1-13(2)17-18(20)23-24(15-7-5-4-6-8-15)19(17)25(21,22)16-11-9-14(3)10-12-16/h4-13,17H,1-3H3/t17-,24?/m0/s1. The van der Waals surface area contributed by atoms with Gasteiger partial charge in [-0.1, -0.05) is 49.7 Å². The van der Waals surface area contributed by atoms with Crippen LogP contribution in [-0.2, 0) is 19.3 Å². The summed E-state index contributed by atoms with van der Waals surface area (Å²) in [5, 5.41) is 0.699. The summed E-state index contributed by atoms with van der Waals surface area (Å²) in [6.07, 6.45) is 0. The zero-order valence-electron chi connectivity index (χ0n) is 14.3. The maximum Gasteiger partial charge on any atom is 0.329 e. The average molecular weight is 377 g/mol. The molecular weight excluding hydrogens is 357 g/mol. The van der Waals surface area contributed by atoms with Crippen LogP contribution in [0.3, 0.4) is 0 Å². The predicted molar refractivity (Wildman–Crippen MR) is 97.9 cm³/mol. The first-order chi connectivity index (χ1) is 11.8. The average Bonchev–Trinajstić information content (AvgIpc) is 2.94. The highest BCUT2D eigenvalue weighted by molar-refractivity contribution is 7.95. The lowest BCUT2D eigenvalue weighted by molar-refractivity contribution is -0.135. The van der Waals surface area contributed by atoms with Crippen molar-refractivity contribution in [2.45, 2.75) is 31.7 Å². The van der Waals surface area contributed by atoms with Gasteiger partial charge in [0.25, 0.3) is 0 Å². The highest BCUT2D eigenvalue weighted by Gasteiger charge is 2.52. The van der Waals surface area contributed by atoms with E-state index in [1.165, 1.54) is 4.08 Å². The predicted octanol–water partition coefficient (Wildman–Crippen LogP) is 3.20. The van der Waals surface area contributed by atoms with Crippen molar-refractivity contribution >= 4 is 29.6 Å². The minimum atomic E-state index is -3.86. The number of sulfonamides is 1. The van der Waals surface area contributed by atoms with Gasteiger partial charge in [-0.15, -0.1) is 4.08 Å². The summed E-state index contributed by atoms with van der Waals surface area (Å²) >= 11 is 0. The Morgan fingerprint density at radius 1 is 1.04 bits per heavy atom. The van der Waals surface area contributed by atoms with Gasteiger partial charge >= 0.3 is 5.97 Å². The fourth-order valence-electron chi connectivity index (χ4n) is 2.70. The van der Waals surface area contributed by atoms with E-state index in [0.29, 0.717) is 5.30 Å². The molecule has 25 heavy (non-hydrogen) atoms. The van der Waals surface area contributed by atoms with E-state index < -0.39 is 30.3 Å². The van der Waals surface area contributed by atoms with E-state index in [9.17, 15) is 13.2 Å². The second kappa shape index (κ2) is 6.87. The van der Waals surface area contributed by atoms with Crippen LogP contribution in [0.5, 0.6) is 0 Å². The molecule has 0 N–H and O–H groups in total. The topological polar surface area (TPSA) is 63.7 Å². The van der Waals surface area contributed by atoms with E-state index >= 15 is 0 Å². The molecule has 0 aliphatic carbocycles. The normalized spacial score (nSPS) is 21.5. The first kappa shape index (κ1) is 18.1. The molecule has 0 saturated carbocycles. The van der Waals surface area contributed by atoms with Gasteiger partial charge in [0.1, 0.15) is 6.04 Å². The summed E-state index contributed by atoms with van der Waals surface area (Å²) in [5.41, 5.74) is 0.971. The Labute approximate surface area is 149 Å². The molecule has 1 fully saturated rings. The van der Waals surface area contributed by atoms with E-state index in [1.54, 1.807) is 36.4 Å². The summed E-state index contributed by atoms with van der Waals surface area (Å²) in [5.74, 6) is -0.676. The van der Waals surface area contributed by atoms with Gasteiger partial charge in [0, 0.05) is 5.30 Å². The molecule has 2 atom stereocenters. The van der Waals surface area contributed by atoms with Crippen LogP contribution in [0, 0.1) is 12.8 Å². The largest absolute Gasteiger partial charge is 0.422 e. The fourth-order valence-corrected chi connectivity index (χ4v) is 7.17. The molecule has 1 saturated heterocycles. The van der Waals surface area contributed by atoms with Crippen molar-refractivity contribution in [2.75, 3.05) is 0 Å². The smallest absolute Gasteiger partial charge is 0.329 e. The first-order valence-corrected chi connectivity index (χ1v) is 10.7. The highest BCUT2D eigenvalue weighted by Crippen LogP contribution is 2.53. The molecule has 0 radical (unpaired) electrons. The quantitative estimate of drug-likeness (QED) is 0.768. The highest BCUT2D eigenvalue weighted by atomic mass is 32.2. The van der Waals surface area contributed by atoms with E-state index in [4.69, 9.17) is 4.52 Å². The minimum absolute atomic E-state index is 0.172. The van der Waals surface area contributed by atoms with Crippen LogP contribution >= 0.6 is 8.30 Å². The van der Waals surface area contributed by atoms with Gasteiger partial charge in [0.05, 0.1) is 4.90 Å². The van der Waals surface area contributed by atoms with Crippen LogP contribution in [0.25, 0.3) is 0 Å². The maximum atomic E-state index is 13.3. The molecule has 7 heteroatoms. The number of hydrogen-bond acceptors (Lipinski definition) is 4. The molecule has 5 nitrogen and oxygen atoms in total. The third kappa shape index (κ3) is 3.34. The van der Waals surface area contributed by atoms with Crippen LogP contribution in [-0.4, -0.2) is 24.5 Å². The van der Waals surface area contributed by atoms with Crippen LogP contribution < -0.4 is 5.30 Å². The summed E-state index contributed by atoms with van der Waals surface area (Å²) in [7, 11) is -5.60.